The topological polar surface area (TPSA) is 35.0 Å². The Morgan fingerprint density at radius 2 is 1.89 bits per heavy atom. The summed E-state index contributed by atoms with van der Waals surface area (Å²) in [4.78, 5) is 8.57. The first-order valence-electron chi connectivity index (χ1n) is 5.91. The Labute approximate surface area is 115 Å². The third-order valence-electron chi connectivity index (χ3n) is 2.72. The highest BCUT2D eigenvalue weighted by Gasteiger charge is 2.05. The predicted molar refractivity (Wildman–Crippen MR) is 75.3 cm³/mol. The molecule has 2 heterocycles. The SMILES string of the molecule is Clc1cc(OCc2ccccc2)nc2cccnc12. The van der Waals surface area contributed by atoms with Crippen molar-refractivity contribution in [3.63, 3.8) is 0 Å². The number of hydrogen-bond donors (Lipinski definition) is 0. The fourth-order valence-electron chi connectivity index (χ4n) is 1.80. The summed E-state index contributed by atoms with van der Waals surface area (Å²) in [6, 6.07) is 15.3. The lowest BCUT2D eigenvalue weighted by atomic mass is 10.2. The van der Waals surface area contributed by atoms with E-state index in [0.29, 0.717) is 23.0 Å². The second-order valence-electron chi connectivity index (χ2n) is 4.09. The van der Waals surface area contributed by atoms with Gasteiger partial charge in [0.1, 0.15) is 12.1 Å². The van der Waals surface area contributed by atoms with Gasteiger partial charge in [-0.25, -0.2) is 4.98 Å². The molecule has 0 fully saturated rings. The molecule has 0 aliphatic carbocycles. The van der Waals surface area contributed by atoms with Crippen LogP contribution in [0, 0.1) is 0 Å². The summed E-state index contributed by atoms with van der Waals surface area (Å²) in [6.45, 7) is 0.468. The van der Waals surface area contributed by atoms with Crippen molar-refractivity contribution in [2.75, 3.05) is 0 Å². The van der Waals surface area contributed by atoms with Gasteiger partial charge in [-0.2, -0.15) is 0 Å². The lowest BCUT2D eigenvalue weighted by Gasteiger charge is -2.07. The maximum Gasteiger partial charge on any atom is 0.215 e. The summed E-state index contributed by atoms with van der Waals surface area (Å²) in [7, 11) is 0. The molecule has 0 unspecified atom stereocenters. The largest absolute Gasteiger partial charge is 0.473 e. The standard InChI is InChI=1S/C15H11ClN2O/c16-12-9-14(18-13-7-4-8-17-15(12)13)19-10-11-5-2-1-3-6-11/h1-9H,10H2. The first kappa shape index (κ1) is 11.9. The number of halogens is 1. The average molecular weight is 271 g/mol. The zero-order valence-electron chi connectivity index (χ0n) is 10.1. The molecule has 0 saturated carbocycles. The summed E-state index contributed by atoms with van der Waals surface area (Å²) >= 11 is 6.16. The van der Waals surface area contributed by atoms with E-state index in [1.807, 2.05) is 42.5 Å². The van der Waals surface area contributed by atoms with Gasteiger partial charge in [0.05, 0.1) is 10.5 Å². The summed E-state index contributed by atoms with van der Waals surface area (Å²) in [5.41, 5.74) is 2.51. The first-order chi connectivity index (χ1) is 9.33. The van der Waals surface area contributed by atoms with Gasteiger partial charge in [-0.05, 0) is 17.7 Å². The van der Waals surface area contributed by atoms with Crippen LogP contribution < -0.4 is 4.74 Å². The lowest BCUT2D eigenvalue weighted by molar-refractivity contribution is 0.295. The second-order valence-corrected chi connectivity index (χ2v) is 4.49. The van der Waals surface area contributed by atoms with Crippen molar-refractivity contribution in [2.45, 2.75) is 6.61 Å². The Kier molecular flexibility index (Phi) is 3.29. The Morgan fingerprint density at radius 3 is 2.74 bits per heavy atom. The molecular weight excluding hydrogens is 260 g/mol. The molecule has 0 amide bonds. The molecule has 1 aromatic carbocycles. The Bertz CT molecular complexity index is 701. The van der Waals surface area contributed by atoms with Gasteiger partial charge < -0.3 is 4.74 Å². The predicted octanol–water partition coefficient (Wildman–Crippen LogP) is 3.86. The molecular formula is C15H11ClN2O. The Morgan fingerprint density at radius 1 is 1.05 bits per heavy atom. The molecule has 0 saturated heterocycles. The Hall–Kier alpha value is -2.13. The van der Waals surface area contributed by atoms with Crippen molar-refractivity contribution >= 4 is 22.6 Å². The zero-order valence-corrected chi connectivity index (χ0v) is 10.8. The fraction of sp³-hybridized carbons (Fsp3) is 0.0667. The van der Waals surface area contributed by atoms with Crippen molar-refractivity contribution in [1.82, 2.24) is 9.97 Å². The monoisotopic (exact) mass is 270 g/mol. The number of benzene rings is 1. The van der Waals surface area contributed by atoms with Gasteiger partial charge in [0.15, 0.2) is 0 Å². The second kappa shape index (κ2) is 5.24. The molecule has 19 heavy (non-hydrogen) atoms. The van der Waals surface area contributed by atoms with E-state index in [1.165, 1.54) is 0 Å². The molecule has 3 nitrogen and oxygen atoms in total. The molecule has 3 aromatic rings. The number of hydrogen-bond acceptors (Lipinski definition) is 3. The summed E-state index contributed by atoms with van der Waals surface area (Å²) in [5, 5.41) is 0.550. The molecule has 0 radical (unpaired) electrons. The maximum absolute atomic E-state index is 6.16. The lowest BCUT2D eigenvalue weighted by Crippen LogP contribution is -1.97. The Balaban J connectivity index is 1.85. The van der Waals surface area contributed by atoms with Crippen molar-refractivity contribution in [3.05, 3.63) is 65.3 Å². The van der Waals surface area contributed by atoms with Gasteiger partial charge in [-0.3, -0.25) is 4.98 Å². The number of rotatable bonds is 3. The summed E-state index contributed by atoms with van der Waals surface area (Å²) < 4.78 is 5.66. The van der Waals surface area contributed by atoms with Crippen LogP contribution in [0.25, 0.3) is 11.0 Å². The molecule has 3 rings (SSSR count). The minimum atomic E-state index is 0.468. The molecule has 0 bridgehead atoms. The van der Waals surface area contributed by atoms with E-state index in [4.69, 9.17) is 16.3 Å². The fourth-order valence-corrected chi connectivity index (χ4v) is 2.04. The number of nitrogens with zero attached hydrogens (tertiary/aromatic N) is 2. The van der Waals surface area contributed by atoms with Crippen molar-refractivity contribution in [3.8, 4) is 5.88 Å². The number of ether oxygens (including phenoxy) is 1. The molecule has 4 heteroatoms. The molecule has 0 spiro atoms. The van der Waals surface area contributed by atoms with Crippen molar-refractivity contribution < 1.29 is 4.74 Å². The van der Waals surface area contributed by atoms with Crippen LogP contribution in [0.3, 0.4) is 0 Å². The normalized spacial score (nSPS) is 10.6. The molecule has 0 atom stereocenters. The van der Waals surface area contributed by atoms with Gasteiger partial charge in [-0.15, -0.1) is 0 Å². The van der Waals surface area contributed by atoms with Crippen molar-refractivity contribution in [1.29, 1.82) is 0 Å². The van der Waals surface area contributed by atoms with Crippen LogP contribution in [0.5, 0.6) is 5.88 Å². The highest BCUT2D eigenvalue weighted by Crippen LogP contribution is 2.24. The van der Waals surface area contributed by atoms with Crippen LogP contribution in [0.4, 0.5) is 0 Å². The molecule has 0 aliphatic rings. The quantitative estimate of drug-likeness (QED) is 0.725. The van der Waals surface area contributed by atoms with Crippen molar-refractivity contribution in [2.24, 2.45) is 0 Å². The number of pyridine rings is 2. The van der Waals surface area contributed by atoms with Gasteiger partial charge in [0.2, 0.25) is 5.88 Å². The average Bonchev–Trinajstić information content (AvgIpc) is 2.46. The highest BCUT2D eigenvalue weighted by atomic mass is 35.5. The number of aromatic nitrogens is 2. The first-order valence-corrected chi connectivity index (χ1v) is 6.29. The van der Waals surface area contributed by atoms with E-state index >= 15 is 0 Å². The van der Waals surface area contributed by atoms with Crippen LogP contribution in [0.2, 0.25) is 5.02 Å². The molecule has 94 valence electrons. The van der Waals surface area contributed by atoms with E-state index in [9.17, 15) is 0 Å². The smallest absolute Gasteiger partial charge is 0.215 e. The van der Waals surface area contributed by atoms with Gasteiger partial charge >= 0.3 is 0 Å². The van der Waals surface area contributed by atoms with E-state index < -0.39 is 0 Å². The zero-order chi connectivity index (χ0) is 13.1. The molecule has 0 aliphatic heterocycles. The van der Waals surface area contributed by atoms with Crippen LogP contribution in [0.1, 0.15) is 5.56 Å². The minimum absolute atomic E-state index is 0.468. The van der Waals surface area contributed by atoms with Gasteiger partial charge in [0.25, 0.3) is 0 Å². The summed E-state index contributed by atoms with van der Waals surface area (Å²) in [6.07, 6.45) is 1.69. The van der Waals surface area contributed by atoms with Gasteiger partial charge in [0, 0.05) is 12.3 Å². The maximum atomic E-state index is 6.16. The van der Waals surface area contributed by atoms with Crippen LogP contribution in [0.15, 0.2) is 54.7 Å². The van der Waals surface area contributed by atoms with Crippen LogP contribution in [-0.2, 0) is 6.61 Å². The summed E-state index contributed by atoms with van der Waals surface area (Å²) in [5.74, 6) is 0.509. The van der Waals surface area contributed by atoms with E-state index in [-0.39, 0.29) is 0 Å². The van der Waals surface area contributed by atoms with E-state index in [1.54, 1.807) is 12.3 Å². The number of fused-ring (bicyclic) bond motifs is 1. The highest BCUT2D eigenvalue weighted by molar-refractivity contribution is 6.34. The van der Waals surface area contributed by atoms with Gasteiger partial charge in [-0.1, -0.05) is 41.9 Å². The minimum Gasteiger partial charge on any atom is -0.473 e. The molecule has 2 aromatic heterocycles. The molecule has 0 N–H and O–H groups in total. The van der Waals surface area contributed by atoms with E-state index in [0.717, 1.165) is 11.1 Å². The van der Waals surface area contributed by atoms with Crippen LogP contribution >= 0.6 is 11.6 Å². The third kappa shape index (κ3) is 2.66. The third-order valence-corrected chi connectivity index (χ3v) is 3.01. The van der Waals surface area contributed by atoms with Crippen LogP contribution in [-0.4, -0.2) is 9.97 Å². The van der Waals surface area contributed by atoms with E-state index in [2.05, 4.69) is 9.97 Å².